The molecular formula is C8H17F3N2. The molecule has 0 aliphatic heterocycles. The fourth-order valence-electron chi connectivity index (χ4n) is 0.955. The highest BCUT2D eigenvalue weighted by Gasteiger charge is 2.26. The summed E-state index contributed by atoms with van der Waals surface area (Å²) < 4.78 is 35.3. The number of alkyl halides is 3. The first kappa shape index (κ1) is 12.7. The van der Waals surface area contributed by atoms with Crippen LogP contribution in [0.5, 0.6) is 0 Å². The molecule has 13 heavy (non-hydrogen) atoms. The van der Waals surface area contributed by atoms with Gasteiger partial charge in [-0.2, -0.15) is 13.2 Å². The molecule has 80 valence electrons. The minimum absolute atomic E-state index is 0.0775. The van der Waals surface area contributed by atoms with Crippen LogP contribution in [0.25, 0.3) is 0 Å². The van der Waals surface area contributed by atoms with Crippen molar-refractivity contribution in [3.63, 3.8) is 0 Å². The third-order valence-electron chi connectivity index (χ3n) is 1.77. The zero-order valence-corrected chi connectivity index (χ0v) is 7.90. The van der Waals surface area contributed by atoms with Crippen LogP contribution in [0.15, 0.2) is 0 Å². The molecule has 0 fully saturated rings. The number of nitrogens with zero attached hydrogens (tertiary/aromatic N) is 1. The van der Waals surface area contributed by atoms with Gasteiger partial charge in [-0.15, -0.1) is 0 Å². The second kappa shape index (κ2) is 6.21. The monoisotopic (exact) mass is 198 g/mol. The molecule has 0 saturated heterocycles. The summed E-state index contributed by atoms with van der Waals surface area (Å²) in [5, 5.41) is 0. The van der Waals surface area contributed by atoms with Gasteiger partial charge in [0.15, 0.2) is 0 Å². The lowest BCUT2D eigenvalue weighted by atomic mass is 10.3. The van der Waals surface area contributed by atoms with Crippen molar-refractivity contribution in [2.45, 2.75) is 25.4 Å². The Morgan fingerprint density at radius 2 is 1.77 bits per heavy atom. The van der Waals surface area contributed by atoms with E-state index < -0.39 is 12.6 Å². The van der Waals surface area contributed by atoms with Gasteiger partial charge in [-0.05, 0) is 33.0 Å². The summed E-state index contributed by atoms with van der Waals surface area (Å²) in [6, 6.07) is 0. The molecule has 0 amide bonds. The minimum Gasteiger partial charge on any atom is -0.330 e. The van der Waals surface area contributed by atoms with Crippen molar-refractivity contribution in [2.24, 2.45) is 5.73 Å². The first-order chi connectivity index (χ1) is 5.95. The van der Waals surface area contributed by atoms with E-state index in [0.717, 1.165) is 12.8 Å². The average molecular weight is 198 g/mol. The van der Waals surface area contributed by atoms with Crippen LogP contribution in [0.3, 0.4) is 0 Å². The zero-order valence-electron chi connectivity index (χ0n) is 7.90. The van der Waals surface area contributed by atoms with Crippen LogP contribution in [-0.4, -0.2) is 37.8 Å². The highest BCUT2D eigenvalue weighted by Crippen LogP contribution is 2.19. The molecule has 0 aliphatic carbocycles. The van der Waals surface area contributed by atoms with E-state index in [2.05, 4.69) is 0 Å². The fraction of sp³-hybridized carbons (Fsp3) is 1.00. The van der Waals surface area contributed by atoms with Gasteiger partial charge in [0.1, 0.15) is 0 Å². The van der Waals surface area contributed by atoms with Gasteiger partial charge in [-0.3, -0.25) is 0 Å². The molecule has 0 aromatic carbocycles. The summed E-state index contributed by atoms with van der Waals surface area (Å²) in [6.45, 7) is 1.37. The van der Waals surface area contributed by atoms with Gasteiger partial charge in [-0.25, -0.2) is 0 Å². The van der Waals surface area contributed by atoms with E-state index in [1.54, 1.807) is 11.9 Å². The minimum atomic E-state index is -4.04. The Balaban J connectivity index is 3.35. The van der Waals surface area contributed by atoms with Gasteiger partial charge in [0, 0.05) is 6.54 Å². The van der Waals surface area contributed by atoms with Crippen molar-refractivity contribution in [3.8, 4) is 0 Å². The van der Waals surface area contributed by atoms with Crippen LogP contribution in [-0.2, 0) is 0 Å². The number of hydrogen-bond acceptors (Lipinski definition) is 2. The van der Waals surface area contributed by atoms with Crippen molar-refractivity contribution >= 4 is 0 Å². The lowest BCUT2D eigenvalue weighted by Crippen LogP contribution is -2.25. The van der Waals surface area contributed by atoms with E-state index in [1.807, 2.05) is 0 Å². The standard InChI is InChI=1S/C8H17F3N2/c1-13(6-3-2-5-12)7-4-8(9,10)11/h2-7,12H2,1H3. The predicted octanol–water partition coefficient (Wildman–Crippen LogP) is 1.61. The summed E-state index contributed by atoms with van der Waals surface area (Å²) in [7, 11) is 1.70. The van der Waals surface area contributed by atoms with E-state index in [4.69, 9.17) is 5.73 Å². The van der Waals surface area contributed by atoms with Crippen LogP contribution >= 0.6 is 0 Å². The number of rotatable bonds is 6. The summed E-state index contributed by atoms with van der Waals surface area (Å²) in [4.78, 5) is 1.68. The molecule has 0 heterocycles. The fourth-order valence-corrected chi connectivity index (χ4v) is 0.955. The number of unbranched alkanes of at least 4 members (excludes halogenated alkanes) is 1. The van der Waals surface area contributed by atoms with Crippen LogP contribution in [0.1, 0.15) is 19.3 Å². The molecule has 2 N–H and O–H groups in total. The smallest absolute Gasteiger partial charge is 0.330 e. The van der Waals surface area contributed by atoms with Crippen LogP contribution < -0.4 is 5.73 Å². The van der Waals surface area contributed by atoms with Crippen molar-refractivity contribution in [1.82, 2.24) is 4.90 Å². The molecule has 0 aromatic rings. The van der Waals surface area contributed by atoms with Gasteiger partial charge < -0.3 is 10.6 Å². The Morgan fingerprint density at radius 1 is 1.15 bits per heavy atom. The lowest BCUT2D eigenvalue weighted by molar-refractivity contribution is -0.137. The second-order valence-electron chi connectivity index (χ2n) is 3.16. The van der Waals surface area contributed by atoms with Crippen molar-refractivity contribution < 1.29 is 13.2 Å². The maximum Gasteiger partial charge on any atom is 0.390 e. The van der Waals surface area contributed by atoms with Crippen LogP contribution in [0.4, 0.5) is 13.2 Å². The zero-order chi connectivity index (χ0) is 10.3. The molecule has 2 nitrogen and oxygen atoms in total. The normalized spacial score (nSPS) is 12.5. The summed E-state index contributed by atoms with van der Waals surface area (Å²) >= 11 is 0. The molecule has 0 bridgehead atoms. The van der Waals surface area contributed by atoms with E-state index >= 15 is 0 Å². The first-order valence-corrected chi connectivity index (χ1v) is 4.41. The van der Waals surface area contributed by atoms with Crippen molar-refractivity contribution in [1.29, 1.82) is 0 Å². The molecule has 0 unspecified atom stereocenters. The molecular weight excluding hydrogens is 181 g/mol. The average Bonchev–Trinajstić information content (AvgIpc) is 2.00. The second-order valence-corrected chi connectivity index (χ2v) is 3.16. The van der Waals surface area contributed by atoms with E-state index in [1.165, 1.54) is 0 Å². The molecule has 0 rings (SSSR count). The van der Waals surface area contributed by atoms with E-state index in [9.17, 15) is 13.2 Å². The van der Waals surface area contributed by atoms with Gasteiger partial charge in [-0.1, -0.05) is 0 Å². The topological polar surface area (TPSA) is 29.3 Å². The maximum absolute atomic E-state index is 11.8. The van der Waals surface area contributed by atoms with Gasteiger partial charge in [0.05, 0.1) is 6.42 Å². The van der Waals surface area contributed by atoms with Gasteiger partial charge >= 0.3 is 6.18 Å². The van der Waals surface area contributed by atoms with E-state index in [-0.39, 0.29) is 6.54 Å². The molecule has 0 atom stereocenters. The predicted molar refractivity (Wildman–Crippen MR) is 46.5 cm³/mol. The molecule has 0 spiro atoms. The van der Waals surface area contributed by atoms with Gasteiger partial charge in [0.2, 0.25) is 0 Å². The number of nitrogens with two attached hydrogens (primary N) is 1. The number of halogens is 3. The maximum atomic E-state index is 11.8. The lowest BCUT2D eigenvalue weighted by Gasteiger charge is -2.17. The van der Waals surface area contributed by atoms with Crippen LogP contribution in [0.2, 0.25) is 0 Å². The largest absolute Gasteiger partial charge is 0.390 e. The molecule has 5 heteroatoms. The Labute approximate surface area is 76.9 Å². The Bertz CT molecular complexity index is 125. The Hall–Kier alpha value is -0.290. The molecule has 0 saturated carbocycles. The Morgan fingerprint density at radius 3 is 2.23 bits per heavy atom. The quantitative estimate of drug-likeness (QED) is 0.657. The highest BCUT2D eigenvalue weighted by molar-refractivity contribution is 4.57. The van der Waals surface area contributed by atoms with Gasteiger partial charge in [0.25, 0.3) is 0 Å². The molecule has 0 aromatic heterocycles. The summed E-state index contributed by atoms with van der Waals surface area (Å²) in [6.07, 6.45) is -3.03. The van der Waals surface area contributed by atoms with Crippen molar-refractivity contribution in [3.05, 3.63) is 0 Å². The van der Waals surface area contributed by atoms with E-state index in [0.29, 0.717) is 13.1 Å². The first-order valence-electron chi connectivity index (χ1n) is 4.41. The SMILES string of the molecule is CN(CCCCN)CCC(F)(F)F. The Kier molecular flexibility index (Phi) is 6.07. The third-order valence-corrected chi connectivity index (χ3v) is 1.77. The molecule has 0 radical (unpaired) electrons. The van der Waals surface area contributed by atoms with Crippen molar-refractivity contribution in [2.75, 3.05) is 26.7 Å². The summed E-state index contributed by atoms with van der Waals surface area (Å²) in [5.41, 5.74) is 5.26. The highest BCUT2D eigenvalue weighted by atomic mass is 19.4. The summed E-state index contributed by atoms with van der Waals surface area (Å²) in [5.74, 6) is 0. The van der Waals surface area contributed by atoms with Crippen LogP contribution in [0, 0.1) is 0 Å². The molecule has 0 aliphatic rings. The number of hydrogen-bond donors (Lipinski definition) is 1. The third kappa shape index (κ3) is 9.63.